The molecule has 0 saturated carbocycles. The molecule has 0 radical (unpaired) electrons. The van der Waals surface area contributed by atoms with Crippen molar-refractivity contribution in [3.05, 3.63) is 107 Å². The van der Waals surface area contributed by atoms with E-state index in [9.17, 15) is 0 Å². The number of halogens is 2. The van der Waals surface area contributed by atoms with Crippen LogP contribution in [0.5, 0.6) is 0 Å². The first-order valence-electron chi connectivity index (χ1n) is 11.3. The molecule has 0 spiro atoms. The molecule has 164 valence electrons. The molecule has 0 fully saturated rings. The van der Waals surface area contributed by atoms with Crippen molar-refractivity contribution in [3.8, 4) is 11.1 Å². The Kier molecular flexibility index (Phi) is 6.96. The van der Waals surface area contributed by atoms with E-state index in [1.54, 1.807) is 6.07 Å². The second-order valence-corrected chi connectivity index (χ2v) is 8.40. The zero-order valence-corrected chi connectivity index (χ0v) is 18.4. The highest BCUT2D eigenvalue weighted by atomic mass is 19.1. The average Bonchev–Trinajstić information content (AvgIpc) is 2.84. The second kappa shape index (κ2) is 10.1. The fraction of sp³-hybridized carbons (Fsp3) is 0.241. The van der Waals surface area contributed by atoms with Crippen molar-refractivity contribution in [2.75, 3.05) is 0 Å². The van der Waals surface area contributed by atoms with E-state index in [0.717, 1.165) is 34.7 Å². The van der Waals surface area contributed by atoms with Gasteiger partial charge in [0.15, 0.2) is 0 Å². The second-order valence-electron chi connectivity index (χ2n) is 8.40. The molecular formula is C29H29F2N. The number of unbranched alkanes of at least 4 members (excludes halogenated alkanes) is 1. The van der Waals surface area contributed by atoms with Crippen LogP contribution >= 0.6 is 0 Å². The zero-order valence-electron chi connectivity index (χ0n) is 18.4. The molecule has 4 rings (SSSR count). The lowest BCUT2D eigenvalue weighted by Gasteiger charge is -2.23. The Bertz CT molecular complexity index is 1180. The monoisotopic (exact) mass is 429 g/mol. The summed E-state index contributed by atoms with van der Waals surface area (Å²) in [5, 5.41) is 2.11. The van der Waals surface area contributed by atoms with Crippen LogP contribution in [0, 0.1) is 5.82 Å². The van der Waals surface area contributed by atoms with E-state index >= 15 is 8.78 Å². The van der Waals surface area contributed by atoms with Crippen LogP contribution in [0.3, 0.4) is 0 Å². The molecule has 32 heavy (non-hydrogen) atoms. The predicted molar refractivity (Wildman–Crippen MR) is 130 cm³/mol. The third-order valence-electron chi connectivity index (χ3n) is 6.24. The van der Waals surface area contributed by atoms with Gasteiger partial charge in [0.25, 0.3) is 0 Å². The van der Waals surface area contributed by atoms with Gasteiger partial charge in [0, 0.05) is 18.0 Å². The normalized spacial score (nSPS) is 13.2. The smallest absolute Gasteiger partial charge is 0.132 e. The summed E-state index contributed by atoms with van der Waals surface area (Å²) in [7, 11) is 0. The number of nitrogens with two attached hydrogens (primary N) is 1. The van der Waals surface area contributed by atoms with Crippen LogP contribution < -0.4 is 5.73 Å². The number of benzene rings is 4. The topological polar surface area (TPSA) is 26.0 Å². The van der Waals surface area contributed by atoms with Gasteiger partial charge < -0.3 is 5.73 Å². The minimum Gasteiger partial charge on any atom is -0.326 e. The number of fused-ring (bicyclic) bond motifs is 1. The molecule has 2 atom stereocenters. The Morgan fingerprint density at radius 3 is 2.22 bits per heavy atom. The lowest BCUT2D eigenvalue weighted by Crippen LogP contribution is -2.08. The molecule has 0 aliphatic rings. The average molecular weight is 430 g/mol. The van der Waals surface area contributed by atoms with Crippen molar-refractivity contribution in [2.45, 2.75) is 44.8 Å². The maximum Gasteiger partial charge on any atom is 0.132 e. The summed E-state index contributed by atoms with van der Waals surface area (Å²) < 4.78 is 31.0. The first-order valence-corrected chi connectivity index (χ1v) is 11.3. The molecule has 0 aromatic heterocycles. The summed E-state index contributed by atoms with van der Waals surface area (Å²) in [5.41, 5.74) is 9.33. The number of hydrogen-bond acceptors (Lipinski definition) is 1. The molecule has 0 heterocycles. The van der Waals surface area contributed by atoms with Crippen molar-refractivity contribution >= 4 is 10.8 Å². The van der Waals surface area contributed by atoms with Crippen molar-refractivity contribution < 1.29 is 8.78 Å². The molecule has 3 heteroatoms. The van der Waals surface area contributed by atoms with E-state index in [2.05, 4.69) is 6.92 Å². The van der Waals surface area contributed by atoms with Gasteiger partial charge in [-0.1, -0.05) is 92.6 Å². The summed E-state index contributed by atoms with van der Waals surface area (Å²) in [4.78, 5) is 0. The van der Waals surface area contributed by atoms with Crippen LogP contribution in [0.15, 0.2) is 84.9 Å². The van der Waals surface area contributed by atoms with Crippen molar-refractivity contribution in [1.29, 1.82) is 0 Å². The quantitative estimate of drug-likeness (QED) is 0.301. The van der Waals surface area contributed by atoms with E-state index in [1.165, 1.54) is 6.07 Å². The zero-order chi connectivity index (χ0) is 22.5. The molecule has 0 amide bonds. The molecule has 4 aromatic rings. The fourth-order valence-corrected chi connectivity index (χ4v) is 4.33. The summed E-state index contributed by atoms with van der Waals surface area (Å²) in [6.07, 6.45) is 1.34. The van der Waals surface area contributed by atoms with Gasteiger partial charge in [-0.25, -0.2) is 8.78 Å². The highest BCUT2D eigenvalue weighted by Gasteiger charge is 2.25. The van der Waals surface area contributed by atoms with Crippen LogP contribution in [-0.4, -0.2) is 0 Å². The van der Waals surface area contributed by atoms with Crippen LogP contribution in [0.2, 0.25) is 0 Å². The third kappa shape index (κ3) is 4.73. The molecule has 2 unspecified atom stereocenters. The van der Waals surface area contributed by atoms with Gasteiger partial charge in [-0.3, -0.25) is 0 Å². The van der Waals surface area contributed by atoms with E-state index < -0.39 is 6.17 Å². The molecule has 0 aliphatic carbocycles. The Morgan fingerprint density at radius 1 is 0.812 bits per heavy atom. The summed E-state index contributed by atoms with van der Waals surface area (Å²) in [6, 6.07) is 26.4. The number of hydrogen-bond donors (Lipinski definition) is 1. The van der Waals surface area contributed by atoms with Crippen LogP contribution in [0.4, 0.5) is 8.78 Å². The summed E-state index contributed by atoms with van der Waals surface area (Å²) >= 11 is 0. The molecule has 2 N–H and O–H groups in total. The molecule has 1 nitrogen and oxygen atoms in total. The van der Waals surface area contributed by atoms with Gasteiger partial charge in [-0.05, 0) is 51.6 Å². The molecule has 0 aliphatic heterocycles. The third-order valence-corrected chi connectivity index (χ3v) is 6.24. The molecule has 0 saturated heterocycles. The van der Waals surface area contributed by atoms with Crippen LogP contribution in [0.1, 0.15) is 55.0 Å². The van der Waals surface area contributed by atoms with Crippen molar-refractivity contribution in [2.24, 2.45) is 5.73 Å². The molecular weight excluding hydrogens is 400 g/mol. The van der Waals surface area contributed by atoms with Crippen molar-refractivity contribution in [3.63, 3.8) is 0 Å². The predicted octanol–water partition coefficient (Wildman–Crippen LogP) is 8.09. The molecule has 0 bridgehead atoms. The van der Waals surface area contributed by atoms with Crippen molar-refractivity contribution in [1.82, 2.24) is 0 Å². The lowest BCUT2D eigenvalue weighted by atomic mass is 9.85. The fourth-order valence-electron chi connectivity index (χ4n) is 4.33. The molecule has 4 aromatic carbocycles. The Morgan fingerprint density at radius 2 is 1.53 bits per heavy atom. The first-order chi connectivity index (χ1) is 15.6. The Balaban J connectivity index is 1.66. The minimum absolute atomic E-state index is 0.324. The highest BCUT2D eigenvalue weighted by molar-refractivity contribution is 5.83. The van der Waals surface area contributed by atoms with Gasteiger partial charge in [-0.2, -0.15) is 0 Å². The van der Waals surface area contributed by atoms with E-state index in [4.69, 9.17) is 5.73 Å². The van der Waals surface area contributed by atoms with Gasteiger partial charge in [0.05, 0.1) is 0 Å². The van der Waals surface area contributed by atoms with E-state index in [-0.39, 0.29) is 11.7 Å². The Labute approximate surface area is 188 Å². The summed E-state index contributed by atoms with van der Waals surface area (Å²) in [6.45, 7) is 2.54. The van der Waals surface area contributed by atoms with Crippen LogP contribution in [-0.2, 0) is 6.54 Å². The highest BCUT2D eigenvalue weighted by Crippen LogP contribution is 2.40. The van der Waals surface area contributed by atoms with Gasteiger partial charge in [-0.15, -0.1) is 0 Å². The van der Waals surface area contributed by atoms with Gasteiger partial charge >= 0.3 is 0 Å². The van der Waals surface area contributed by atoms with E-state index in [1.807, 2.05) is 72.8 Å². The largest absolute Gasteiger partial charge is 0.326 e. The maximum atomic E-state index is 15.8. The minimum atomic E-state index is -1.19. The number of rotatable bonds is 8. The standard InChI is InChI=1S/C29H29F2N/c1-2-3-8-27(29(31)25-14-13-21-6-4-5-7-23(21)17-25)24-15-16-26(28(30)18-24)22-11-9-20(19-32)10-12-22/h4-7,9-18,27,29H,2-3,8,19,32H2,1H3. The Hall–Kier alpha value is -3.04. The first kappa shape index (κ1) is 22.2. The maximum absolute atomic E-state index is 15.8. The van der Waals surface area contributed by atoms with Crippen LogP contribution in [0.25, 0.3) is 21.9 Å². The van der Waals surface area contributed by atoms with Gasteiger partial charge in [0.1, 0.15) is 12.0 Å². The summed E-state index contributed by atoms with van der Waals surface area (Å²) in [5.74, 6) is -0.713. The number of alkyl halides is 1. The SMILES string of the molecule is CCCCC(c1ccc(-c2ccc(CN)cc2)c(F)c1)C(F)c1ccc2ccccc2c1. The van der Waals surface area contributed by atoms with E-state index in [0.29, 0.717) is 29.7 Å². The lowest BCUT2D eigenvalue weighted by molar-refractivity contribution is 0.274. The van der Waals surface area contributed by atoms with Gasteiger partial charge in [0.2, 0.25) is 0 Å².